The molecule has 5 nitrogen and oxygen atoms in total. The number of hydrogen-bond acceptors (Lipinski definition) is 4. The van der Waals surface area contributed by atoms with E-state index >= 15 is 0 Å². The molecule has 1 aromatic heterocycles. The smallest absolute Gasteiger partial charge is 0.305 e. The van der Waals surface area contributed by atoms with Crippen molar-refractivity contribution in [1.29, 1.82) is 0 Å². The van der Waals surface area contributed by atoms with Gasteiger partial charge in [-0.05, 0) is 12.1 Å². The minimum Gasteiger partial charge on any atom is -0.490 e. The highest BCUT2D eigenvalue weighted by Gasteiger charge is 1.97. The normalized spacial score (nSPS) is 10.1. The van der Waals surface area contributed by atoms with Crippen LogP contribution in [0.15, 0.2) is 18.3 Å². The molecule has 6 heteroatoms. The van der Waals surface area contributed by atoms with Crippen LogP contribution in [-0.2, 0) is 9.53 Å². The van der Waals surface area contributed by atoms with Crippen LogP contribution in [0.3, 0.4) is 0 Å². The first-order chi connectivity index (χ1) is 7.68. The fraction of sp³-hybridized carbons (Fsp3) is 0.400. The summed E-state index contributed by atoms with van der Waals surface area (Å²) >= 11 is 5.60. The largest absolute Gasteiger partial charge is 0.490 e. The molecule has 1 rings (SSSR count). The van der Waals surface area contributed by atoms with Crippen molar-refractivity contribution in [3.63, 3.8) is 0 Å². The molecular weight excluding hydrogens is 234 g/mol. The number of carboxylic acid groups (broad SMARTS) is 1. The standard InChI is InChI=1S/C10H12ClNO4/c11-9-2-1-8(7-12-9)16-6-5-15-4-3-10(13)14/h1-2,7H,3-6H2,(H,13,14). The first-order valence-electron chi connectivity index (χ1n) is 4.72. The Balaban J connectivity index is 2.07. The number of nitrogens with zero attached hydrogens (tertiary/aromatic N) is 1. The Kier molecular flexibility index (Phi) is 5.60. The molecule has 0 saturated heterocycles. The zero-order valence-corrected chi connectivity index (χ0v) is 9.31. The number of carboxylic acids is 1. The number of ether oxygens (including phenoxy) is 2. The zero-order valence-electron chi connectivity index (χ0n) is 8.56. The molecule has 0 aliphatic rings. The molecule has 0 bridgehead atoms. The molecule has 0 aliphatic heterocycles. The van der Waals surface area contributed by atoms with E-state index < -0.39 is 5.97 Å². The number of hydrogen-bond donors (Lipinski definition) is 1. The predicted octanol–water partition coefficient (Wildman–Crippen LogP) is 1.61. The average Bonchev–Trinajstić information content (AvgIpc) is 2.25. The van der Waals surface area contributed by atoms with E-state index in [2.05, 4.69) is 4.98 Å². The summed E-state index contributed by atoms with van der Waals surface area (Å²) in [6, 6.07) is 3.33. The number of aliphatic carboxylic acids is 1. The fourth-order valence-corrected chi connectivity index (χ4v) is 1.04. The molecule has 16 heavy (non-hydrogen) atoms. The van der Waals surface area contributed by atoms with E-state index in [9.17, 15) is 4.79 Å². The summed E-state index contributed by atoms with van der Waals surface area (Å²) in [5, 5.41) is 8.75. The van der Waals surface area contributed by atoms with E-state index in [1.165, 1.54) is 6.20 Å². The summed E-state index contributed by atoms with van der Waals surface area (Å²) in [5.74, 6) is -0.269. The SMILES string of the molecule is O=C(O)CCOCCOc1ccc(Cl)nc1. The lowest BCUT2D eigenvalue weighted by Gasteiger charge is -2.05. The molecule has 1 N–H and O–H groups in total. The van der Waals surface area contributed by atoms with Gasteiger partial charge >= 0.3 is 5.97 Å². The average molecular weight is 246 g/mol. The van der Waals surface area contributed by atoms with Gasteiger partial charge in [0.15, 0.2) is 0 Å². The van der Waals surface area contributed by atoms with Gasteiger partial charge in [0.1, 0.15) is 17.5 Å². The van der Waals surface area contributed by atoms with Gasteiger partial charge in [0.2, 0.25) is 0 Å². The molecule has 0 fully saturated rings. The second kappa shape index (κ2) is 7.03. The van der Waals surface area contributed by atoms with Gasteiger partial charge in [-0.2, -0.15) is 0 Å². The molecule has 88 valence electrons. The molecule has 0 aliphatic carbocycles. The third-order valence-electron chi connectivity index (χ3n) is 1.66. The number of aromatic nitrogens is 1. The van der Waals surface area contributed by atoms with E-state index in [0.29, 0.717) is 24.1 Å². The molecule has 0 unspecified atom stereocenters. The van der Waals surface area contributed by atoms with E-state index in [4.69, 9.17) is 26.2 Å². The Morgan fingerprint density at radius 3 is 2.81 bits per heavy atom. The molecule has 0 radical (unpaired) electrons. The zero-order chi connectivity index (χ0) is 11.8. The van der Waals surface area contributed by atoms with E-state index in [1.807, 2.05) is 0 Å². The van der Waals surface area contributed by atoms with Crippen molar-refractivity contribution in [2.75, 3.05) is 19.8 Å². The Labute approximate surface area is 98.0 Å². The molecule has 0 amide bonds. The Hall–Kier alpha value is -1.33. The second-order valence-electron chi connectivity index (χ2n) is 2.92. The van der Waals surface area contributed by atoms with Gasteiger partial charge in [0.05, 0.1) is 25.8 Å². The maximum absolute atomic E-state index is 10.2. The first kappa shape index (κ1) is 12.7. The van der Waals surface area contributed by atoms with Gasteiger partial charge in [0, 0.05) is 0 Å². The lowest BCUT2D eigenvalue weighted by atomic mass is 10.4. The minimum absolute atomic E-state index is 0.00248. The van der Waals surface area contributed by atoms with E-state index in [-0.39, 0.29) is 13.0 Å². The molecular formula is C10H12ClNO4. The highest BCUT2D eigenvalue weighted by molar-refractivity contribution is 6.29. The van der Waals surface area contributed by atoms with Crippen molar-refractivity contribution in [3.8, 4) is 5.75 Å². The minimum atomic E-state index is -0.872. The first-order valence-corrected chi connectivity index (χ1v) is 5.10. The van der Waals surface area contributed by atoms with Crippen LogP contribution < -0.4 is 4.74 Å². The maximum Gasteiger partial charge on any atom is 0.305 e. The maximum atomic E-state index is 10.2. The van der Waals surface area contributed by atoms with Crippen molar-refractivity contribution >= 4 is 17.6 Å². The number of pyridine rings is 1. The molecule has 1 heterocycles. The molecule has 1 aromatic rings. The Morgan fingerprint density at radius 2 is 2.19 bits per heavy atom. The summed E-state index contributed by atoms with van der Waals surface area (Å²) in [5.41, 5.74) is 0. The van der Waals surface area contributed by atoms with Crippen LogP contribution in [-0.4, -0.2) is 35.9 Å². The highest BCUT2D eigenvalue weighted by Crippen LogP contribution is 2.11. The third kappa shape index (κ3) is 5.53. The van der Waals surface area contributed by atoms with Gasteiger partial charge in [-0.3, -0.25) is 4.79 Å². The van der Waals surface area contributed by atoms with Crippen LogP contribution in [0.5, 0.6) is 5.75 Å². The van der Waals surface area contributed by atoms with Gasteiger partial charge in [-0.25, -0.2) is 4.98 Å². The van der Waals surface area contributed by atoms with Crippen molar-refractivity contribution in [3.05, 3.63) is 23.5 Å². The van der Waals surface area contributed by atoms with Crippen LogP contribution >= 0.6 is 11.6 Å². The third-order valence-corrected chi connectivity index (χ3v) is 1.88. The quantitative estimate of drug-likeness (QED) is 0.584. The molecule has 0 aromatic carbocycles. The van der Waals surface area contributed by atoms with Gasteiger partial charge in [-0.1, -0.05) is 11.6 Å². The topological polar surface area (TPSA) is 68.7 Å². The predicted molar refractivity (Wildman–Crippen MR) is 57.8 cm³/mol. The number of halogens is 1. The van der Waals surface area contributed by atoms with E-state index in [0.717, 1.165) is 0 Å². The number of carbonyl (C=O) groups is 1. The summed E-state index contributed by atoms with van der Waals surface area (Å²) < 4.78 is 10.3. The summed E-state index contributed by atoms with van der Waals surface area (Å²) in [6.45, 7) is 0.885. The lowest BCUT2D eigenvalue weighted by molar-refractivity contribution is -0.138. The van der Waals surface area contributed by atoms with Gasteiger partial charge in [-0.15, -0.1) is 0 Å². The monoisotopic (exact) mass is 245 g/mol. The van der Waals surface area contributed by atoms with E-state index in [1.54, 1.807) is 12.1 Å². The van der Waals surface area contributed by atoms with Crippen molar-refractivity contribution in [2.45, 2.75) is 6.42 Å². The number of rotatable bonds is 7. The van der Waals surface area contributed by atoms with Crippen LogP contribution in [0.25, 0.3) is 0 Å². The van der Waals surface area contributed by atoms with Crippen LogP contribution in [0.2, 0.25) is 5.15 Å². The Bertz CT molecular complexity index is 328. The van der Waals surface area contributed by atoms with Crippen molar-refractivity contribution < 1.29 is 19.4 Å². The summed E-state index contributed by atoms with van der Waals surface area (Å²) in [7, 11) is 0. The Morgan fingerprint density at radius 1 is 1.38 bits per heavy atom. The highest BCUT2D eigenvalue weighted by atomic mass is 35.5. The van der Waals surface area contributed by atoms with Crippen LogP contribution in [0, 0.1) is 0 Å². The molecule has 0 saturated carbocycles. The van der Waals surface area contributed by atoms with Crippen LogP contribution in [0.4, 0.5) is 0 Å². The van der Waals surface area contributed by atoms with Gasteiger partial charge < -0.3 is 14.6 Å². The second-order valence-corrected chi connectivity index (χ2v) is 3.31. The van der Waals surface area contributed by atoms with Crippen molar-refractivity contribution in [1.82, 2.24) is 4.98 Å². The van der Waals surface area contributed by atoms with Crippen molar-refractivity contribution in [2.24, 2.45) is 0 Å². The summed E-state index contributed by atoms with van der Waals surface area (Å²) in [6.07, 6.45) is 1.52. The van der Waals surface area contributed by atoms with Crippen LogP contribution in [0.1, 0.15) is 6.42 Å². The summed E-state index contributed by atoms with van der Waals surface area (Å²) in [4.78, 5) is 14.0. The van der Waals surface area contributed by atoms with Gasteiger partial charge in [0.25, 0.3) is 0 Å². The molecule has 0 spiro atoms. The lowest BCUT2D eigenvalue weighted by Crippen LogP contribution is -2.09. The molecule has 0 atom stereocenters. The fourth-order valence-electron chi connectivity index (χ4n) is 0.928.